The van der Waals surface area contributed by atoms with Crippen LogP contribution in [0.5, 0.6) is 0 Å². The van der Waals surface area contributed by atoms with E-state index in [4.69, 9.17) is 17.3 Å². The van der Waals surface area contributed by atoms with E-state index in [2.05, 4.69) is 24.3 Å². The molecule has 1 aromatic heterocycles. The maximum Gasteiger partial charge on any atom is 0.0561 e. The van der Waals surface area contributed by atoms with Crippen molar-refractivity contribution in [3.63, 3.8) is 0 Å². The van der Waals surface area contributed by atoms with Crippen molar-refractivity contribution in [2.45, 2.75) is 25.3 Å². The molecular weight excluding hydrogens is 250 g/mol. The lowest BCUT2D eigenvalue weighted by molar-refractivity contribution is 0.620. The minimum Gasteiger partial charge on any atom is -0.323 e. The van der Waals surface area contributed by atoms with E-state index in [-0.39, 0.29) is 6.04 Å². The summed E-state index contributed by atoms with van der Waals surface area (Å²) in [5, 5.41) is 2.80. The van der Waals surface area contributed by atoms with E-state index in [1.165, 1.54) is 5.56 Å². The van der Waals surface area contributed by atoms with Crippen LogP contribution in [-0.4, -0.2) is 0 Å². The highest BCUT2D eigenvalue weighted by molar-refractivity contribution is 7.10. The van der Waals surface area contributed by atoms with Gasteiger partial charge in [-0.15, -0.1) is 11.3 Å². The minimum atomic E-state index is 0.0752. The zero-order valence-electron chi connectivity index (χ0n) is 9.60. The Balaban J connectivity index is 1.81. The Labute approximate surface area is 111 Å². The molecule has 0 saturated heterocycles. The fourth-order valence-corrected chi connectivity index (χ4v) is 3.11. The summed E-state index contributed by atoms with van der Waals surface area (Å²) in [6, 6.07) is 12.5. The summed E-state index contributed by atoms with van der Waals surface area (Å²) in [6.07, 6.45) is 3.16. The molecule has 0 radical (unpaired) electrons. The highest BCUT2D eigenvalue weighted by atomic mass is 35.5. The van der Waals surface area contributed by atoms with Gasteiger partial charge in [-0.25, -0.2) is 0 Å². The lowest BCUT2D eigenvalue weighted by atomic mass is 10.0. The van der Waals surface area contributed by atoms with Crippen molar-refractivity contribution in [2.75, 3.05) is 0 Å². The summed E-state index contributed by atoms with van der Waals surface area (Å²) < 4.78 is 0. The van der Waals surface area contributed by atoms with Gasteiger partial charge in [-0.3, -0.25) is 0 Å². The van der Waals surface area contributed by atoms with Crippen molar-refractivity contribution < 1.29 is 0 Å². The third-order valence-electron chi connectivity index (χ3n) is 2.80. The maximum atomic E-state index is 6.13. The quantitative estimate of drug-likeness (QED) is 0.851. The molecule has 1 aromatic carbocycles. The van der Waals surface area contributed by atoms with Crippen molar-refractivity contribution in [1.29, 1.82) is 0 Å². The molecule has 17 heavy (non-hydrogen) atoms. The van der Waals surface area contributed by atoms with Crippen molar-refractivity contribution in [2.24, 2.45) is 5.73 Å². The van der Waals surface area contributed by atoms with Gasteiger partial charge in [0.1, 0.15) is 0 Å². The van der Waals surface area contributed by atoms with E-state index in [1.54, 1.807) is 11.3 Å². The second kappa shape index (κ2) is 6.20. The van der Waals surface area contributed by atoms with E-state index in [9.17, 15) is 0 Å². The SMILES string of the molecule is NC(CCCc1ccccc1)c1sccc1Cl. The number of rotatable bonds is 5. The number of benzene rings is 1. The monoisotopic (exact) mass is 265 g/mol. The molecular formula is C14H16ClNS. The van der Waals surface area contributed by atoms with Crippen LogP contribution < -0.4 is 5.73 Å². The lowest BCUT2D eigenvalue weighted by Gasteiger charge is -2.10. The van der Waals surface area contributed by atoms with Gasteiger partial charge in [0.25, 0.3) is 0 Å². The Kier molecular flexibility index (Phi) is 4.60. The predicted octanol–water partition coefficient (Wildman–Crippen LogP) is 4.42. The van der Waals surface area contributed by atoms with Crippen LogP contribution in [0.3, 0.4) is 0 Å². The first-order valence-electron chi connectivity index (χ1n) is 5.80. The first kappa shape index (κ1) is 12.6. The zero-order chi connectivity index (χ0) is 12.1. The van der Waals surface area contributed by atoms with Crippen LogP contribution in [0.2, 0.25) is 5.02 Å². The van der Waals surface area contributed by atoms with Crippen LogP contribution in [0, 0.1) is 0 Å². The standard InChI is InChI=1S/C14H16ClNS/c15-12-9-10-17-14(12)13(16)8-4-7-11-5-2-1-3-6-11/h1-3,5-6,9-10,13H,4,7-8,16H2. The molecule has 1 heterocycles. The Hall–Kier alpha value is -0.830. The first-order chi connectivity index (χ1) is 8.27. The van der Waals surface area contributed by atoms with Gasteiger partial charge in [0, 0.05) is 10.9 Å². The normalized spacial score (nSPS) is 12.6. The highest BCUT2D eigenvalue weighted by Crippen LogP contribution is 2.29. The average molecular weight is 266 g/mol. The Morgan fingerprint density at radius 3 is 2.59 bits per heavy atom. The third-order valence-corrected chi connectivity index (χ3v) is 4.30. The van der Waals surface area contributed by atoms with E-state index < -0.39 is 0 Å². The van der Waals surface area contributed by atoms with Gasteiger partial charge in [-0.1, -0.05) is 41.9 Å². The Bertz CT molecular complexity index is 452. The number of halogens is 1. The third kappa shape index (κ3) is 3.56. The van der Waals surface area contributed by atoms with Crippen LogP contribution in [0.15, 0.2) is 41.8 Å². The summed E-state index contributed by atoms with van der Waals surface area (Å²) in [4.78, 5) is 1.11. The fourth-order valence-electron chi connectivity index (χ4n) is 1.87. The van der Waals surface area contributed by atoms with Gasteiger partial charge in [0.2, 0.25) is 0 Å². The zero-order valence-corrected chi connectivity index (χ0v) is 11.2. The van der Waals surface area contributed by atoms with Crippen molar-refractivity contribution >= 4 is 22.9 Å². The number of hydrogen-bond donors (Lipinski definition) is 1. The van der Waals surface area contributed by atoms with Gasteiger partial charge in [-0.05, 0) is 36.3 Å². The molecule has 2 N–H and O–H groups in total. The topological polar surface area (TPSA) is 26.0 Å². The molecule has 0 aliphatic carbocycles. The molecule has 0 spiro atoms. The molecule has 0 bridgehead atoms. The number of nitrogens with two attached hydrogens (primary N) is 1. The smallest absolute Gasteiger partial charge is 0.0561 e. The lowest BCUT2D eigenvalue weighted by Crippen LogP contribution is -2.09. The molecule has 90 valence electrons. The summed E-state index contributed by atoms with van der Waals surface area (Å²) in [5.41, 5.74) is 7.50. The second-order valence-corrected chi connectivity index (χ2v) is 5.47. The van der Waals surface area contributed by atoms with Gasteiger partial charge in [0.05, 0.1) is 5.02 Å². The molecule has 0 fully saturated rings. The van der Waals surface area contributed by atoms with Crippen LogP contribution in [-0.2, 0) is 6.42 Å². The predicted molar refractivity (Wildman–Crippen MR) is 75.6 cm³/mol. The van der Waals surface area contributed by atoms with E-state index in [0.29, 0.717) is 0 Å². The van der Waals surface area contributed by atoms with E-state index in [0.717, 1.165) is 29.2 Å². The molecule has 0 aliphatic heterocycles. The van der Waals surface area contributed by atoms with Gasteiger partial charge in [-0.2, -0.15) is 0 Å². The first-order valence-corrected chi connectivity index (χ1v) is 7.05. The molecule has 2 aromatic rings. The highest BCUT2D eigenvalue weighted by Gasteiger charge is 2.11. The molecule has 1 atom stereocenters. The summed E-state index contributed by atoms with van der Waals surface area (Å²) in [7, 11) is 0. The van der Waals surface area contributed by atoms with Crippen LogP contribution in [0.1, 0.15) is 29.3 Å². The molecule has 2 rings (SSSR count). The van der Waals surface area contributed by atoms with Gasteiger partial charge >= 0.3 is 0 Å². The molecule has 1 unspecified atom stereocenters. The summed E-state index contributed by atoms with van der Waals surface area (Å²) in [6.45, 7) is 0. The van der Waals surface area contributed by atoms with Crippen molar-refractivity contribution in [3.8, 4) is 0 Å². The maximum absolute atomic E-state index is 6.13. The largest absolute Gasteiger partial charge is 0.323 e. The average Bonchev–Trinajstić information content (AvgIpc) is 2.77. The van der Waals surface area contributed by atoms with Gasteiger partial charge in [0.15, 0.2) is 0 Å². The number of hydrogen-bond acceptors (Lipinski definition) is 2. The Morgan fingerprint density at radius 1 is 1.18 bits per heavy atom. The molecule has 3 heteroatoms. The summed E-state index contributed by atoms with van der Waals surface area (Å²) >= 11 is 7.71. The molecule has 1 nitrogen and oxygen atoms in total. The molecule has 0 amide bonds. The second-order valence-electron chi connectivity index (χ2n) is 4.12. The van der Waals surface area contributed by atoms with Crippen molar-refractivity contribution in [1.82, 2.24) is 0 Å². The Morgan fingerprint density at radius 2 is 1.94 bits per heavy atom. The number of aryl methyl sites for hydroxylation is 1. The number of thiophene rings is 1. The summed E-state index contributed by atoms with van der Waals surface area (Å²) in [5.74, 6) is 0. The van der Waals surface area contributed by atoms with Crippen LogP contribution >= 0.6 is 22.9 Å². The van der Waals surface area contributed by atoms with E-state index in [1.807, 2.05) is 17.5 Å². The molecule has 0 saturated carbocycles. The van der Waals surface area contributed by atoms with Crippen molar-refractivity contribution in [3.05, 3.63) is 57.2 Å². The van der Waals surface area contributed by atoms with Gasteiger partial charge < -0.3 is 5.73 Å². The van der Waals surface area contributed by atoms with Crippen LogP contribution in [0.4, 0.5) is 0 Å². The molecule has 0 aliphatic rings. The van der Waals surface area contributed by atoms with E-state index >= 15 is 0 Å². The fraction of sp³-hybridized carbons (Fsp3) is 0.286. The van der Waals surface area contributed by atoms with Crippen LogP contribution in [0.25, 0.3) is 0 Å². The minimum absolute atomic E-state index is 0.0752.